The van der Waals surface area contributed by atoms with Crippen molar-refractivity contribution in [3.05, 3.63) is 82.7 Å². The minimum absolute atomic E-state index is 0.212. The lowest BCUT2D eigenvalue weighted by molar-refractivity contribution is 0.319. The van der Waals surface area contributed by atoms with Gasteiger partial charge in [-0.1, -0.05) is 74.9 Å². The van der Waals surface area contributed by atoms with Gasteiger partial charge in [0.05, 0.1) is 5.56 Å². The lowest BCUT2D eigenvalue weighted by Crippen LogP contribution is -2.12. The molecule has 3 aromatic rings. The molecule has 0 N–H and O–H groups in total. The second kappa shape index (κ2) is 10.1. The number of unbranched alkanes of at least 4 members (excludes halogenated alkanes) is 1. The van der Waals surface area contributed by atoms with Crippen LogP contribution in [-0.4, -0.2) is 0 Å². The van der Waals surface area contributed by atoms with Crippen molar-refractivity contribution >= 4 is 10.8 Å². The van der Waals surface area contributed by atoms with Crippen molar-refractivity contribution in [3.8, 4) is 11.8 Å². The van der Waals surface area contributed by atoms with Gasteiger partial charge < -0.3 is 0 Å². The van der Waals surface area contributed by atoms with Crippen LogP contribution >= 0.6 is 0 Å². The fourth-order valence-electron chi connectivity index (χ4n) is 4.86. The maximum atomic E-state index is 15.0. The highest BCUT2D eigenvalue weighted by atomic mass is 19.1. The Hall–Kier alpha value is -2.59. The largest absolute Gasteiger partial charge is 0.205 e. The van der Waals surface area contributed by atoms with E-state index in [1.165, 1.54) is 49.7 Å². The molecule has 1 heteroatoms. The summed E-state index contributed by atoms with van der Waals surface area (Å²) in [5.41, 5.74) is 4.11. The molecule has 1 aliphatic rings. The Morgan fingerprint density at radius 2 is 1.65 bits per heavy atom. The van der Waals surface area contributed by atoms with E-state index in [4.69, 9.17) is 0 Å². The van der Waals surface area contributed by atoms with Crippen molar-refractivity contribution in [1.29, 1.82) is 0 Å². The molecule has 0 amide bonds. The van der Waals surface area contributed by atoms with Gasteiger partial charge in [-0.3, -0.25) is 0 Å². The summed E-state index contributed by atoms with van der Waals surface area (Å²) in [4.78, 5) is 0. The van der Waals surface area contributed by atoms with Crippen molar-refractivity contribution in [1.82, 2.24) is 0 Å². The minimum atomic E-state index is -0.212. The third-order valence-corrected chi connectivity index (χ3v) is 6.99. The van der Waals surface area contributed by atoms with Crippen LogP contribution in [0.2, 0.25) is 0 Å². The Morgan fingerprint density at radius 3 is 2.35 bits per heavy atom. The predicted octanol–water partition coefficient (Wildman–Crippen LogP) is 8.41. The van der Waals surface area contributed by atoms with Crippen LogP contribution in [0.1, 0.15) is 87.0 Å². The normalized spacial score (nSPS) is 18.5. The standard InChI is InChI=1S/C30H33F/c1-3-5-6-24-12-20-29-28(21-24)19-18-27(30(29)31)17-11-23-9-15-26(16-10-23)25-13-7-22(4-2)8-14-25/h9-10,12,15-16,18-22,25H,3-8,13-14H2,1-2H3. The fourth-order valence-corrected chi connectivity index (χ4v) is 4.86. The van der Waals surface area contributed by atoms with Crippen LogP contribution in [-0.2, 0) is 6.42 Å². The Kier molecular flexibility index (Phi) is 7.08. The lowest BCUT2D eigenvalue weighted by Gasteiger charge is -2.28. The van der Waals surface area contributed by atoms with Crippen LogP contribution in [0, 0.1) is 23.6 Å². The molecule has 3 aromatic carbocycles. The lowest BCUT2D eigenvalue weighted by atomic mass is 9.78. The molecule has 0 radical (unpaired) electrons. The van der Waals surface area contributed by atoms with Crippen molar-refractivity contribution < 1.29 is 4.39 Å². The van der Waals surface area contributed by atoms with Crippen LogP contribution in [0.25, 0.3) is 10.8 Å². The van der Waals surface area contributed by atoms with Gasteiger partial charge in [0.1, 0.15) is 5.82 Å². The van der Waals surface area contributed by atoms with Crippen LogP contribution < -0.4 is 0 Å². The highest BCUT2D eigenvalue weighted by Crippen LogP contribution is 2.36. The highest BCUT2D eigenvalue weighted by molar-refractivity contribution is 5.85. The van der Waals surface area contributed by atoms with Crippen LogP contribution in [0.3, 0.4) is 0 Å². The summed E-state index contributed by atoms with van der Waals surface area (Å²) >= 11 is 0. The van der Waals surface area contributed by atoms with Gasteiger partial charge in [-0.2, -0.15) is 0 Å². The summed E-state index contributed by atoms with van der Waals surface area (Å²) in [6.45, 7) is 4.50. The third kappa shape index (κ3) is 5.19. The monoisotopic (exact) mass is 412 g/mol. The Labute approximate surface area is 186 Å². The Bertz CT molecular complexity index is 1070. The van der Waals surface area contributed by atoms with E-state index in [-0.39, 0.29) is 5.82 Å². The second-order valence-electron chi connectivity index (χ2n) is 9.08. The molecule has 0 bridgehead atoms. The molecule has 1 aliphatic carbocycles. The summed E-state index contributed by atoms with van der Waals surface area (Å²) < 4.78 is 15.0. The third-order valence-electron chi connectivity index (χ3n) is 6.99. The fraction of sp³-hybridized carbons (Fsp3) is 0.400. The molecule has 0 saturated heterocycles. The number of aryl methyl sites for hydroxylation is 1. The second-order valence-corrected chi connectivity index (χ2v) is 9.08. The highest BCUT2D eigenvalue weighted by Gasteiger charge is 2.21. The maximum Gasteiger partial charge on any atom is 0.146 e. The first kappa shape index (κ1) is 21.6. The van der Waals surface area contributed by atoms with Crippen LogP contribution in [0.5, 0.6) is 0 Å². The van der Waals surface area contributed by atoms with Gasteiger partial charge in [-0.25, -0.2) is 4.39 Å². The van der Waals surface area contributed by atoms with Gasteiger partial charge in [-0.05, 0) is 85.1 Å². The smallest absolute Gasteiger partial charge is 0.146 e. The average molecular weight is 413 g/mol. The van der Waals surface area contributed by atoms with Crippen molar-refractivity contribution in [2.45, 2.75) is 71.1 Å². The molecule has 160 valence electrons. The van der Waals surface area contributed by atoms with Gasteiger partial charge in [-0.15, -0.1) is 0 Å². The zero-order valence-electron chi connectivity index (χ0n) is 18.9. The molecule has 0 unspecified atom stereocenters. The van der Waals surface area contributed by atoms with E-state index in [0.29, 0.717) is 16.9 Å². The molecule has 0 nitrogen and oxygen atoms in total. The summed E-state index contributed by atoms with van der Waals surface area (Å²) in [7, 11) is 0. The van der Waals surface area contributed by atoms with Gasteiger partial charge in [0.25, 0.3) is 0 Å². The van der Waals surface area contributed by atoms with E-state index in [1.807, 2.05) is 24.3 Å². The van der Waals surface area contributed by atoms with Gasteiger partial charge in [0.15, 0.2) is 0 Å². The number of rotatable bonds is 5. The molecule has 0 atom stereocenters. The zero-order valence-corrected chi connectivity index (χ0v) is 18.9. The minimum Gasteiger partial charge on any atom is -0.205 e. The molecule has 0 aromatic heterocycles. The maximum absolute atomic E-state index is 15.0. The number of benzene rings is 3. The van der Waals surface area contributed by atoms with Gasteiger partial charge in [0, 0.05) is 10.9 Å². The molecule has 0 aliphatic heterocycles. The van der Waals surface area contributed by atoms with E-state index in [9.17, 15) is 0 Å². The van der Waals surface area contributed by atoms with Crippen molar-refractivity contribution in [3.63, 3.8) is 0 Å². The quantitative estimate of drug-likeness (QED) is 0.369. The SMILES string of the molecule is CCCCc1ccc2c(F)c(C#Cc3ccc(C4CCC(CC)CC4)cc3)ccc2c1. The first-order chi connectivity index (χ1) is 15.2. The van der Waals surface area contributed by atoms with Crippen LogP contribution in [0.15, 0.2) is 54.6 Å². The zero-order chi connectivity index (χ0) is 21.6. The molecule has 4 rings (SSSR count). The van der Waals surface area contributed by atoms with E-state index < -0.39 is 0 Å². The Balaban J connectivity index is 1.48. The molecule has 1 saturated carbocycles. The van der Waals surface area contributed by atoms with Crippen molar-refractivity contribution in [2.75, 3.05) is 0 Å². The first-order valence-corrected chi connectivity index (χ1v) is 12.0. The molecular weight excluding hydrogens is 379 g/mol. The number of halogens is 1. The number of fused-ring (bicyclic) bond motifs is 1. The molecule has 31 heavy (non-hydrogen) atoms. The van der Waals surface area contributed by atoms with E-state index in [1.54, 1.807) is 0 Å². The summed E-state index contributed by atoms with van der Waals surface area (Å²) in [5, 5.41) is 1.61. The summed E-state index contributed by atoms with van der Waals surface area (Å²) in [6.07, 6.45) is 9.99. The van der Waals surface area contributed by atoms with Crippen molar-refractivity contribution in [2.24, 2.45) is 5.92 Å². The number of hydrogen-bond donors (Lipinski definition) is 0. The Morgan fingerprint density at radius 1 is 0.871 bits per heavy atom. The first-order valence-electron chi connectivity index (χ1n) is 12.0. The van der Waals surface area contributed by atoms with Gasteiger partial charge >= 0.3 is 0 Å². The molecule has 0 heterocycles. The number of hydrogen-bond acceptors (Lipinski definition) is 0. The van der Waals surface area contributed by atoms with Crippen LogP contribution in [0.4, 0.5) is 4.39 Å². The predicted molar refractivity (Wildman–Crippen MR) is 130 cm³/mol. The average Bonchev–Trinajstić information content (AvgIpc) is 2.82. The molecule has 1 fully saturated rings. The molecular formula is C30H33F. The summed E-state index contributed by atoms with van der Waals surface area (Å²) in [6, 6.07) is 18.5. The van der Waals surface area contributed by atoms with Gasteiger partial charge in [0.2, 0.25) is 0 Å². The van der Waals surface area contributed by atoms with E-state index in [0.717, 1.165) is 29.7 Å². The van der Waals surface area contributed by atoms with E-state index >= 15 is 4.39 Å². The molecule has 0 spiro atoms. The summed E-state index contributed by atoms with van der Waals surface area (Å²) in [5.74, 6) is 7.61. The topological polar surface area (TPSA) is 0 Å². The van der Waals surface area contributed by atoms with E-state index in [2.05, 4.69) is 56.0 Å².